The third kappa shape index (κ3) is 5.72. The second-order valence-electron chi connectivity index (χ2n) is 6.86. The SMILES string of the molecule is O=C(Cc1cccs1)Nc1nc(CC(=O)N2CCN(Cc3cccs3)CC2)cs1. The predicted molar refractivity (Wildman–Crippen MR) is 119 cm³/mol. The predicted octanol–water partition coefficient (Wildman–Crippen LogP) is 3.33. The molecule has 0 atom stereocenters. The number of thiophene rings is 2. The van der Waals surface area contributed by atoms with Crippen LogP contribution in [-0.4, -0.2) is 52.8 Å². The van der Waals surface area contributed by atoms with Crippen LogP contribution in [0.5, 0.6) is 0 Å². The average molecular weight is 447 g/mol. The fraction of sp³-hybridized carbons (Fsp3) is 0.350. The van der Waals surface area contributed by atoms with Crippen molar-refractivity contribution >= 4 is 51.0 Å². The van der Waals surface area contributed by atoms with Crippen LogP contribution in [0.2, 0.25) is 0 Å². The Labute approximate surface area is 181 Å². The van der Waals surface area contributed by atoms with E-state index in [1.807, 2.05) is 27.8 Å². The molecule has 3 aromatic rings. The fourth-order valence-corrected chi connectivity index (χ4v) is 5.40. The summed E-state index contributed by atoms with van der Waals surface area (Å²) in [7, 11) is 0. The normalized spacial score (nSPS) is 14.8. The maximum absolute atomic E-state index is 12.6. The summed E-state index contributed by atoms with van der Waals surface area (Å²) in [6.07, 6.45) is 0.628. The molecule has 3 aromatic heterocycles. The van der Waals surface area contributed by atoms with E-state index >= 15 is 0 Å². The first-order chi connectivity index (χ1) is 14.2. The van der Waals surface area contributed by atoms with Gasteiger partial charge in [-0.1, -0.05) is 12.1 Å². The molecule has 29 heavy (non-hydrogen) atoms. The van der Waals surface area contributed by atoms with Crippen molar-refractivity contribution in [3.63, 3.8) is 0 Å². The lowest BCUT2D eigenvalue weighted by Crippen LogP contribution is -2.48. The van der Waals surface area contributed by atoms with Gasteiger partial charge in [-0.15, -0.1) is 34.0 Å². The molecule has 0 spiro atoms. The molecule has 152 valence electrons. The molecule has 1 fully saturated rings. The van der Waals surface area contributed by atoms with Crippen LogP contribution in [0.3, 0.4) is 0 Å². The topological polar surface area (TPSA) is 65.5 Å². The Hall–Kier alpha value is -2.07. The molecule has 2 amide bonds. The number of amides is 2. The van der Waals surface area contributed by atoms with Crippen LogP contribution in [0.1, 0.15) is 15.4 Å². The van der Waals surface area contributed by atoms with Crippen molar-refractivity contribution < 1.29 is 9.59 Å². The molecular formula is C20H22N4O2S3. The van der Waals surface area contributed by atoms with E-state index in [-0.39, 0.29) is 18.2 Å². The Morgan fingerprint density at radius 3 is 2.38 bits per heavy atom. The van der Waals surface area contributed by atoms with Gasteiger partial charge in [-0.3, -0.25) is 14.5 Å². The Morgan fingerprint density at radius 1 is 0.966 bits per heavy atom. The van der Waals surface area contributed by atoms with Gasteiger partial charge in [-0.05, 0) is 22.9 Å². The van der Waals surface area contributed by atoms with Gasteiger partial charge in [0.25, 0.3) is 0 Å². The maximum Gasteiger partial charge on any atom is 0.231 e. The van der Waals surface area contributed by atoms with Crippen molar-refractivity contribution in [3.05, 3.63) is 55.9 Å². The summed E-state index contributed by atoms with van der Waals surface area (Å²) >= 11 is 4.70. The maximum atomic E-state index is 12.6. The Kier molecular flexibility index (Phi) is 6.70. The minimum absolute atomic E-state index is 0.0819. The van der Waals surface area contributed by atoms with Crippen LogP contribution in [-0.2, 0) is 29.0 Å². The summed E-state index contributed by atoms with van der Waals surface area (Å²) in [6.45, 7) is 4.24. The number of hydrogen-bond donors (Lipinski definition) is 1. The Morgan fingerprint density at radius 2 is 1.69 bits per heavy atom. The highest BCUT2D eigenvalue weighted by atomic mass is 32.1. The number of aromatic nitrogens is 1. The van der Waals surface area contributed by atoms with E-state index in [0.29, 0.717) is 17.2 Å². The minimum Gasteiger partial charge on any atom is -0.340 e. The second kappa shape index (κ2) is 9.62. The van der Waals surface area contributed by atoms with Crippen LogP contribution >= 0.6 is 34.0 Å². The first-order valence-electron chi connectivity index (χ1n) is 9.45. The number of rotatable bonds is 7. The highest BCUT2D eigenvalue weighted by molar-refractivity contribution is 7.14. The van der Waals surface area contributed by atoms with Crippen LogP contribution in [0, 0.1) is 0 Å². The van der Waals surface area contributed by atoms with Gasteiger partial charge in [0.2, 0.25) is 11.8 Å². The third-order valence-corrected chi connectivity index (χ3v) is 7.27. The largest absolute Gasteiger partial charge is 0.340 e. The van der Waals surface area contributed by atoms with Crippen molar-refractivity contribution in [2.24, 2.45) is 0 Å². The van der Waals surface area contributed by atoms with E-state index in [2.05, 4.69) is 32.7 Å². The van der Waals surface area contributed by atoms with Crippen molar-refractivity contribution in [2.45, 2.75) is 19.4 Å². The van der Waals surface area contributed by atoms with Crippen molar-refractivity contribution in [1.82, 2.24) is 14.8 Å². The van der Waals surface area contributed by atoms with Gasteiger partial charge in [0.15, 0.2) is 5.13 Å². The number of hydrogen-bond acceptors (Lipinski definition) is 7. The van der Waals surface area contributed by atoms with Gasteiger partial charge < -0.3 is 10.2 Å². The van der Waals surface area contributed by atoms with Crippen LogP contribution in [0.4, 0.5) is 5.13 Å². The summed E-state index contributed by atoms with van der Waals surface area (Å²) in [4.78, 5) is 35.8. The summed E-state index contributed by atoms with van der Waals surface area (Å²) in [5.41, 5.74) is 0.715. The van der Waals surface area contributed by atoms with Gasteiger partial charge in [0.05, 0.1) is 18.5 Å². The van der Waals surface area contributed by atoms with Crippen molar-refractivity contribution in [3.8, 4) is 0 Å². The zero-order valence-electron chi connectivity index (χ0n) is 15.9. The van der Waals surface area contributed by atoms with Crippen LogP contribution < -0.4 is 5.32 Å². The van der Waals surface area contributed by atoms with E-state index in [1.165, 1.54) is 16.2 Å². The molecule has 0 unspecified atom stereocenters. The van der Waals surface area contributed by atoms with Crippen LogP contribution in [0.15, 0.2) is 40.4 Å². The van der Waals surface area contributed by atoms with Crippen LogP contribution in [0.25, 0.3) is 0 Å². The molecule has 0 aromatic carbocycles. The smallest absolute Gasteiger partial charge is 0.231 e. The molecule has 9 heteroatoms. The first kappa shape index (κ1) is 20.2. The molecule has 1 aliphatic heterocycles. The minimum atomic E-state index is -0.0819. The zero-order chi connectivity index (χ0) is 20.1. The third-order valence-electron chi connectivity index (χ3n) is 4.73. The quantitative estimate of drug-likeness (QED) is 0.605. The zero-order valence-corrected chi connectivity index (χ0v) is 18.3. The van der Waals surface area contributed by atoms with Gasteiger partial charge in [-0.2, -0.15) is 0 Å². The molecule has 1 saturated heterocycles. The highest BCUT2D eigenvalue weighted by Crippen LogP contribution is 2.18. The molecule has 0 saturated carbocycles. The molecule has 4 heterocycles. The summed E-state index contributed by atoms with van der Waals surface area (Å²) in [5, 5.41) is 9.28. The van der Waals surface area contributed by atoms with E-state index in [9.17, 15) is 9.59 Å². The molecule has 0 aliphatic carbocycles. The molecule has 1 aliphatic rings. The van der Waals surface area contributed by atoms with Gasteiger partial charge in [0.1, 0.15) is 0 Å². The Balaban J connectivity index is 1.22. The highest BCUT2D eigenvalue weighted by Gasteiger charge is 2.22. The number of nitrogens with one attached hydrogen (secondary N) is 1. The monoisotopic (exact) mass is 446 g/mol. The molecule has 4 rings (SSSR count). The number of nitrogens with zero attached hydrogens (tertiary/aromatic N) is 3. The molecular weight excluding hydrogens is 424 g/mol. The Bertz CT molecular complexity index is 929. The van der Waals surface area contributed by atoms with Gasteiger partial charge in [-0.25, -0.2) is 4.98 Å². The van der Waals surface area contributed by atoms with E-state index in [1.54, 1.807) is 22.7 Å². The average Bonchev–Trinajstić information content (AvgIpc) is 3.47. The number of carbonyl (C=O) groups is 2. The number of piperazine rings is 1. The molecule has 0 bridgehead atoms. The molecule has 1 N–H and O–H groups in total. The van der Waals surface area contributed by atoms with Gasteiger partial charge in [0, 0.05) is 47.9 Å². The second-order valence-corrected chi connectivity index (χ2v) is 9.78. The molecule has 0 radical (unpaired) electrons. The lowest BCUT2D eigenvalue weighted by Gasteiger charge is -2.34. The van der Waals surface area contributed by atoms with E-state index in [4.69, 9.17) is 0 Å². The standard InChI is InChI=1S/C20H22N4O2S3/c25-18(12-16-3-1-9-27-16)22-20-21-15(14-29-20)11-19(26)24-7-5-23(6-8-24)13-17-4-2-10-28-17/h1-4,9-10,14H,5-8,11-13H2,(H,21,22,25). The fourth-order valence-electron chi connectivity index (χ4n) is 3.23. The first-order valence-corrected chi connectivity index (χ1v) is 12.1. The summed E-state index contributed by atoms with van der Waals surface area (Å²) in [6, 6.07) is 8.10. The van der Waals surface area contributed by atoms with E-state index < -0.39 is 0 Å². The van der Waals surface area contributed by atoms with Crippen molar-refractivity contribution in [2.75, 3.05) is 31.5 Å². The number of carbonyl (C=O) groups excluding carboxylic acids is 2. The van der Waals surface area contributed by atoms with Gasteiger partial charge >= 0.3 is 0 Å². The van der Waals surface area contributed by atoms with E-state index in [0.717, 1.165) is 37.6 Å². The van der Waals surface area contributed by atoms with Crippen molar-refractivity contribution in [1.29, 1.82) is 0 Å². The number of anilines is 1. The number of thiazole rings is 1. The lowest BCUT2D eigenvalue weighted by molar-refractivity contribution is -0.132. The summed E-state index contributed by atoms with van der Waals surface area (Å²) < 4.78 is 0. The summed E-state index contributed by atoms with van der Waals surface area (Å²) in [5.74, 6) is 0.0177. The lowest BCUT2D eigenvalue weighted by atomic mass is 10.2. The molecule has 6 nitrogen and oxygen atoms in total.